The number of benzene rings is 2. The summed E-state index contributed by atoms with van der Waals surface area (Å²) < 4.78 is 12.3. The molecule has 3 nitrogen and oxygen atoms in total. The molecular weight excluding hydrogens is 396 g/mol. The molecule has 2 fully saturated rings. The van der Waals surface area contributed by atoms with E-state index in [1.165, 1.54) is 37.7 Å². The third kappa shape index (κ3) is 5.38. The van der Waals surface area contributed by atoms with Gasteiger partial charge in [-0.05, 0) is 85.8 Å². The summed E-state index contributed by atoms with van der Waals surface area (Å²) >= 11 is 6.53. The summed E-state index contributed by atoms with van der Waals surface area (Å²) in [6.07, 6.45) is 9.31. The molecule has 162 valence electrons. The van der Waals surface area contributed by atoms with E-state index in [4.69, 9.17) is 21.1 Å². The zero-order valence-electron chi connectivity index (χ0n) is 17.9. The van der Waals surface area contributed by atoms with Gasteiger partial charge in [0.15, 0.2) is 0 Å². The van der Waals surface area contributed by atoms with Crippen LogP contribution < -0.4 is 4.74 Å². The summed E-state index contributed by atoms with van der Waals surface area (Å²) in [5.74, 6) is 1.39. The molecule has 1 aliphatic heterocycles. The van der Waals surface area contributed by atoms with Crippen LogP contribution in [0.15, 0.2) is 42.5 Å². The van der Waals surface area contributed by atoms with Gasteiger partial charge in [0.2, 0.25) is 0 Å². The summed E-state index contributed by atoms with van der Waals surface area (Å²) in [4.78, 5) is 0. The molecule has 0 bridgehead atoms. The van der Waals surface area contributed by atoms with Crippen molar-refractivity contribution < 1.29 is 14.6 Å². The van der Waals surface area contributed by atoms with E-state index in [1.54, 1.807) is 0 Å². The predicted molar refractivity (Wildman–Crippen MR) is 121 cm³/mol. The van der Waals surface area contributed by atoms with Crippen molar-refractivity contribution in [3.8, 4) is 5.75 Å². The summed E-state index contributed by atoms with van der Waals surface area (Å²) in [6.45, 7) is 2.30. The molecule has 2 aromatic carbocycles. The average Bonchev–Trinajstić information content (AvgIpc) is 2.78. The van der Waals surface area contributed by atoms with E-state index in [-0.39, 0.29) is 18.8 Å². The lowest BCUT2D eigenvalue weighted by atomic mass is 9.88. The Hall–Kier alpha value is -1.55. The Balaban J connectivity index is 1.44. The van der Waals surface area contributed by atoms with Crippen molar-refractivity contribution in [3.63, 3.8) is 0 Å². The molecule has 0 aromatic heterocycles. The van der Waals surface area contributed by atoms with Crippen LogP contribution in [0.2, 0.25) is 5.02 Å². The number of halogens is 1. The fourth-order valence-electron chi connectivity index (χ4n) is 4.74. The van der Waals surface area contributed by atoms with Crippen molar-refractivity contribution in [2.75, 3.05) is 6.61 Å². The van der Waals surface area contributed by atoms with Gasteiger partial charge < -0.3 is 14.6 Å². The Morgan fingerprint density at radius 2 is 1.77 bits per heavy atom. The summed E-state index contributed by atoms with van der Waals surface area (Å²) in [5.41, 5.74) is 3.48. The topological polar surface area (TPSA) is 38.7 Å². The maximum atomic E-state index is 9.51. The number of hydrogen-bond acceptors (Lipinski definition) is 3. The van der Waals surface area contributed by atoms with Gasteiger partial charge in [0, 0.05) is 5.02 Å². The molecule has 0 amide bonds. The molecular formula is C26H33ClO3. The third-order valence-corrected chi connectivity index (χ3v) is 6.94. The minimum atomic E-state index is -0.0676. The second-order valence-electron chi connectivity index (χ2n) is 8.97. The molecule has 30 heavy (non-hydrogen) atoms. The lowest BCUT2D eigenvalue weighted by molar-refractivity contribution is -0.0992. The number of hydrogen-bond donors (Lipinski definition) is 1. The highest BCUT2D eigenvalue weighted by Crippen LogP contribution is 2.37. The molecule has 1 N–H and O–H groups in total. The Bertz CT molecular complexity index is 814. The maximum absolute atomic E-state index is 9.51. The van der Waals surface area contributed by atoms with E-state index in [2.05, 4.69) is 43.3 Å². The van der Waals surface area contributed by atoms with Gasteiger partial charge in [0.25, 0.3) is 0 Å². The fraction of sp³-hybridized carbons (Fsp3) is 0.538. The van der Waals surface area contributed by atoms with Crippen LogP contribution in [0.5, 0.6) is 5.75 Å². The zero-order valence-corrected chi connectivity index (χ0v) is 18.6. The minimum Gasteiger partial charge on any atom is -0.490 e. The van der Waals surface area contributed by atoms with E-state index >= 15 is 0 Å². The second kappa shape index (κ2) is 10.2. The average molecular weight is 429 g/mol. The highest BCUT2D eigenvalue weighted by Gasteiger charge is 2.29. The van der Waals surface area contributed by atoms with Crippen LogP contribution in [0.25, 0.3) is 0 Å². The first-order valence-electron chi connectivity index (χ1n) is 11.4. The standard InChI is InChI=1S/C26H33ClO3/c1-18-7-11-24(17-28)30-26(18)20-10-14-25(27)21(16-20)15-19-8-12-23(13-9-19)29-22-5-3-2-4-6-22/h8-10,12-14,16,18,22,24,26,28H,2-7,11,15,17H2,1H3. The quantitative estimate of drug-likeness (QED) is 0.571. The van der Waals surface area contributed by atoms with Crippen LogP contribution in [0.4, 0.5) is 0 Å². The van der Waals surface area contributed by atoms with Gasteiger partial charge in [-0.3, -0.25) is 0 Å². The first kappa shape index (κ1) is 21.7. The van der Waals surface area contributed by atoms with Crippen LogP contribution in [-0.2, 0) is 11.2 Å². The Morgan fingerprint density at radius 3 is 2.50 bits per heavy atom. The largest absolute Gasteiger partial charge is 0.490 e. The highest BCUT2D eigenvalue weighted by atomic mass is 35.5. The first-order valence-corrected chi connectivity index (χ1v) is 11.8. The van der Waals surface area contributed by atoms with Crippen molar-refractivity contribution in [2.45, 2.75) is 76.6 Å². The van der Waals surface area contributed by atoms with E-state index in [0.717, 1.165) is 41.2 Å². The molecule has 3 unspecified atom stereocenters. The Labute approximate surface area is 185 Å². The van der Waals surface area contributed by atoms with Crippen LogP contribution in [0, 0.1) is 5.92 Å². The lowest BCUT2D eigenvalue weighted by Crippen LogP contribution is -2.30. The molecule has 1 aliphatic carbocycles. The Kier molecular flexibility index (Phi) is 7.35. The van der Waals surface area contributed by atoms with Crippen molar-refractivity contribution in [1.29, 1.82) is 0 Å². The van der Waals surface area contributed by atoms with Crippen molar-refractivity contribution in [3.05, 3.63) is 64.2 Å². The Morgan fingerprint density at radius 1 is 1.00 bits per heavy atom. The van der Waals surface area contributed by atoms with Gasteiger partial charge in [-0.1, -0.05) is 49.2 Å². The molecule has 4 rings (SSSR count). The normalized spacial score (nSPS) is 25.2. The summed E-state index contributed by atoms with van der Waals surface area (Å²) in [5, 5.41) is 10.3. The van der Waals surface area contributed by atoms with Gasteiger partial charge in [0.1, 0.15) is 5.75 Å². The molecule has 0 radical (unpaired) electrons. The van der Waals surface area contributed by atoms with E-state index in [9.17, 15) is 5.11 Å². The van der Waals surface area contributed by atoms with Crippen LogP contribution >= 0.6 is 11.6 Å². The molecule has 2 aromatic rings. The minimum absolute atomic E-state index is 0.0122. The number of aliphatic hydroxyl groups excluding tert-OH is 1. The predicted octanol–water partition coefficient (Wildman–Crippen LogP) is 6.49. The molecule has 4 heteroatoms. The summed E-state index contributed by atoms with van der Waals surface area (Å²) in [6, 6.07) is 14.7. The number of rotatable bonds is 6. The van der Waals surface area contributed by atoms with E-state index < -0.39 is 0 Å². The van der Waals surface area contributed by atoms with Gasteiger partial charge in [-0.25, -0.2) is 0 Å². The monoisotopic (exact) mass is 428 g/mol. The van der Waals surface area contributed by atoms with Crippen molar-refractivity contribution in [1.82, 2.24) is 0 Å². The molecule has 2 aliphatic rings. The van der Waals surface area contributed by atoms with Gasteiger partial charge >= 0.3 is 0 Å². The second-order valence-corrected chi connectivity index (χ2v) is 9.37. The van der Waals surface area contributed by atoms with Crippen LogP contribution in [0.1, 0.15) is 74.7 Å². The van der Waals surface area contributed by atoms with Gasteiger partial charge in [0.05, 0.1) is 24.9 Å². The van der Waals surface area contributed by atoms with Crippen LogP contribution in [-0.4, -0.2) is 23.9 Å². The number of ether oxygens (including phenoxy) is 2. The third-order valence-electron chi connectivity index (χ3n) is 6.57. The summed E-state index contributed by atoms with van der Waals surface area (Å²) in [7, 11) is 0. The molecule has 1 saturated heterocycles. The molecule has 1 saturated carbocycles. The first-order chi connectivity index (χ1) is 14.6. The SMILES string of the molecule is CC1CCC(CO)OC1c1ccc(Cl)c(Cc2ccc(OC3CCCCC3)cc2)c1. The molecule has 1 heterocycles. The van der Waals surface area contributed by atoms with Crippen molar-refractivity contribution >= 4 is 11.6 Å². The maximum Gasteiger partial charge on any atom is 0.119 e. The zero-order chi connectivity index (χ0) is 20.9. The van der Waals surface area contributed by atoms with Crippen molar-refractivity contribution in [2.24, 2.45) is 5.92 Å². The van der Waals surface area contributed by atoms with E-state index in [0.29, 0.717) is 12.0 Å². The van der Waals surface area contributed by atoms with Crippen LogP contribution in [0.3, 0.4) is 0 Å². The fourth-order valence-corrected chi connectivity index (χ4v) is 4.92. The van der Waals surface area contributed by atoms with E-state index in [1.807, 2.05) is 6.07 Å². The molecule has 0 spiro atoms. The molecule has 3 atom stereocenters. The smallest absolute Gasteiger partial charge is 0.119 e. The lowest BCUT2D eigenvalue weighted by Gasteiger charge is -2.34. The highest BCUT2D eigenvalue weighted by molar-refractivity contribution is 6.31. The number of aliphatic hydroxyl groups is 1. The van der Waals surface area contributed by atoms with Gasteiger partial charge in [-0.2, -0.15) is 0 Å². The van der Waals surface area contributed by atoms with Gasteiger partial charge in [-0.15, -0.1) is 0 Å².